The fourth-order valence-corrected chi connectivity index (χ4v) is 8.29. The van der Waals surface area contributed by atoms with Crippen molar-refractivity contribution in [3.05, 3.63) is 193 Å². The monoisotopic (exact) mass is 2310 g/mol. The van der Waals surface area contributed by atoms with Crippen LogP contribution in [0.5, 0.6) is 11.5 Å². The maximum absolute atomic E-state index is 12.0. The van der Waals surface area contributed by atoms with Crippen LogP contribution in [0.15, 0.2) is 103 Å². The number of imide groups is 5. The number of nitrogens with zero attached hydrogens (tertiary/aromatic N) is 5. The maximum atomic E-state index is 12.0. The van der Waals surface area contributed by atoms with E-state index in [0.29, 0.717) is 28.2 Å². The zero-order chi connectivity index (χ0) is 75.3. The van der Waals surface area contributed by atoms with Crippen LogP contribution < -0.4 is 36.1 Å². The third-order valence-electron chi connectivity index (χ3n) is 13.0. The molecule has 0 spiro atoms. The molecule has 0 aliphatic carbocycles. The van der Waals surface area contributed by atoms with Gasteiger partial charge in [-0.15, -0.1) is 161 Å². The Kier molecular flexibility index (Phi) is 64.1. The standard InChI is InChI=1S/2C13H13N2O4.C13H13N2O3.2C12H11N2O3.5C2H6.CH4.5W/c1-19-9-4-2-3-8(7-9)12(17)14-10-5-6-11(16)15-13(10)18;1-19-10-5-3-2-4-8(10)12(17)14-9-6-7-11(16)15-13(9)18;1-8-3-2-4-9(7-8)12(17)14-10-5-6-11(16)15-13(10)18;2*15-10-7-6-9(12(17)14-10)13-11(16)8-4-2-1-3-5-8;5*1-2;;;;;;/h2,4,7,10H,5-6H2,1H3,(H2,14,15,16,17,18);2-3,5,9H,6-7H2,1H3,(H2,14,15,16,17,18);2-3,7,10H,5-6H2,1H3,(H2,14,15,16,17,18);2*1-4,9H,6-7H2,(H2,13,14,15,16,17);5*1-2H3;1H4;;;;;/q5*-1;;;;;;;5*+2/p-5/t;;;2*9-;;;;;;;;;;;/m...10.........../s1. The van der Waals surface area contributed by atoms with E-state index in [4.69, 9.17) is 9.47 Å². The Bertz CT molecular complexity index is 3490. The number of piperidine rings is 5. The number of nitrogens with one attached hydrogen (secondary N) is 5. The SMILES string of the molecule is C.CC.CC.CC.CC.CC.COc1cc[c-]c(C(=O)[N-]C2CCC(=O)NC2=O)c1.COc1ccc[c-]c1C(=O)[N-]C1CCC(=O)NC1=O.Cc1cc[c-]c(C(=O)[N-]C2CCC(=O)NC2=O)c1.O=C1CC[C@@H]([N-]C(=O)c2[c-]cccc2)C(=O)N1.O=C1CC[C@H]([N-]C(=O)c2[c-]cccc2)C(=O)N1.[W+2].[W+2].[W+2].[W+2].[W+2]. The number of carbonyl (C=O) groups is 15. The number of methoxy groups -OCH3 is 2. The van der Waals surface area contributed by atoms with E-state index in [1.807, 2.05) is 82.2 Å². The molecule has 15 amide bonds. The fraction of sp³-hybridized carbons (Fsp3) is 0.392. The number of amides is 15. The van der Waals surface area contributed by atoms with E-state index in [2.05, 4.69) is 83.5 Å². The molecular weight excluding hydrogens is 2220 g/mol. The number of ether oxygens (including phenoxy) is 2. The Balaban J connectivity index is -0.000000282. The van der Waals surface area contributed by atoms with Crippen LogP contribution in [-0.4, -0.2) is 133 Å². The quantitative estimate of drug-likeness (QED) is 0.0572. The van der Waals surface area contributed by atoms with E-state index in [1.165, 1.54) is 20.3 Å². The summed E-state index contributed by atoms with van der Waals surface area (Å²) in [6, 6.07) is 37.7. The summed E-state index contributed by atoms with van der Waals surface area (Å²) in [7, 11) is 2.92. The molecule has 568 valence electrons. The molecule has 5 heterocycles. The van der Waals surface area contributed by atoms with Crippen LogP contribution in [0.4, 0.5) is 0 Å². The van der Waals surface area contributed by atoms with Crippen LogP contribution >= 0.6 is 0 Å². The van der Waals surface area contributed by atoms with Crippen molar-refractivity contribution in [1.82, 2.24) is 26.6 Å². The van der Waals surface area contributed by atoms with Crippen molar-refractivity contribution in [1.29, 1.82) is 0 Å². The molecule has 5 fully saturated rings. The van der Waals surface area contributed by atoms with Crippen molar-refractivity contribution < 1.29 is 187 Å². The molecule has 0 aromatic heterocycles. The summed E-state index contributed by atoms with van der Waals surface area (Å²) in [5, 5.41) is 29.8. The number of benzene rings is 5. The molecule has 0 bridgehead atoms. The third kappa shape index (κ3) is 39.7. The second-order valence-electron chi connectivity index (χ2n) is 19.6. The fourth-order valence-electron chi connectivity index (χ4n) is 8.29. The number of aryl methyl sites for hydroxylation is 1. The second-order valence-corrected chi connectivity index (χ2v) is 19.6. The average molecular weight is 2310 g/mol. The molecular formula is C74H90N10O17W5. The van der Waals surface area contributed by atoms with E-state index in [9.17, 15) is 71.9 Å². The summed E-state index contributed by atoms with van der Waals surface area (Å²) in [6.07, 6.45) is 2.35. The van der Waals surface area contributed by atoms with Gasteiger partial charge in [-0.3, -0.25) is 74.5 Å². The van der Waals surface area contributed by atoms with Crippen molar-refractivity contribution >= 4 is 88.6 Å². The second kappa shape index (κ2) is 62.3. The van der Waals surface area contributed by atoms with Gasteiger partial charge in [-0.25, -0.2) is 0 Å². The Morgan fingerprint density at radius 1 is 0.349 bits per heavy atom. The molecule has 5 aromatic carbocycles. The van der Waals surface area contributed by atoms with Gasteiger partial charge in [0.05, 0.1) is 14.2 Å². The third-order valence-corrected chi connectivity index (χ3v) is 13.0. The van der Waals surface area contributed by atoms with Gasteiger partial charge in [0, 0.05) is 43.6 Å². The molecule has 32 heteroatoms. The molecule has 5 atom stereocenters. The number of carbonyl (C=O) groups excluding carboxylic acids is 15. The van der Waals surface area contributed by atoms with Crippen molar-refractivity contribution in [2.45, 2.75) is 178 Å². The van der Waals surface area contributed by atoms with Crippen molar-refractivity contribution in [3.63, 3.8) is 0 Å². The van der Waals surface area contributed by atoms with Gasteiger partial charge in [0.2, 0.25) is 59.1 Å². The van der Waals surface area contributed by atoms with Gasteiger partial charge < -0.3 is 60.0 Å². The van der Waals surface area contributed by atoms with E-state index in [0.717, 1.165) is 5.56 Å². The zero-order valence-electron chi connectivity index (χ0n) is 60.5. The maximum Gasteiger partial charge on any atom is 2.00 e. The molecule has 5 N–H and O–H groups in total. The van der Waals surface area contributed by atoms with Gasteiger partial charge in [0.25, 0.3) is 0 Å². The van der Waals surface area contributed by atoms with Crippen LogP contribution in [0.25, 0.3) is 26.6 Å². The molecule has 106 heavy (non-hydrogen) atoms. The zero-order valence-corrected chi connectivity index (χ0v) is 75.2. The minimum atomic E-state index is -0.830. The van der Waals surface area contributed by atoms with E-state index in [1.54, 1.807) is 91.0 Å². The first-order valence-corrected chi connectivity index (χ1v) is 32.6. The summed E-state index contributed by atoms with van der Waals surface area (Å²) < 4.78 is 10.0. The Morgan fingerprint density at radius 2 is 0.632 bits per heavy atom. The van der Waals surface area contributed by atoms with Gasteiger partial charge in [-0.05, 0) is 91.8 Å². The van der Waals surface area contributed by atoms with Gasteiger partial charge >= 0.3 is 105 Å². The molecule has 27 nitrogen and oxygen atoms in total. The Morgan fingerprint density at radius 3 is 0.915 bits per heavy atom. The summed E-state index contributed by atoms with van der Waals surface area (Å²) in [6.45, 7) is 21.9. The molecule has 10 rings (SSSR count). The van der Waals surface area contributed by atoms with Crippen LogP contribution in [-0.2, 0) is 153 Å². The minimum absolute atomic E-state index is 0. The van der Waals surface area contributed by atoms with Gasteiger partial charge in [-0.2, -0.15) is 0 Å². The number of rotatable bonds is 12. The van der Waals surface area contributed by atoms with Crippen molar-refractivity contribution in [3.8, 4) is 11.5 Å². The first kappa shape index (κ1) is 109. The summed E-state index contributed by atoms with van der Waals surface area (Å²) in [4.78, 5) is 171. The normalized spacial score (nSPS) is 16.6. The van der Waals surface area contributed by atoms with E-state index in [-0.39, 0.29) is 218 Å². The van der Waals surface area contributed by atoms with Crippen LogP contribution in [0.2, 0.25) is 0 Å². The summed E-state index contributed by atoms with van der Waals surface area (Å²) >= 11 is 0. The van der Waals surface area contributed by atoms with Crippen molar-refractivity contribution in [2.24, 2.45) is 0 Å². The molecule has 5 aliphatic rings. The smallest absolute Gasteiger partial charge is 0.684 e. The van der Waals surface area contributed by atoms with Gasteiger partial charge in [0.1, 0.15) is 0 Å². The number of hydrogen-bond acceptors (Lipinski definition) is 17. The van der Waals surface area contributed by atoms with E-state index >= 15 is 0 Å². The molecule has 5 aliphatic heterocycles. The average Bonchev–Trinajstić information content (AvgIpc) is 0.869. The predicted molar refractivity (Wildman–Crippen MR) is 377 cm³/mol. The topological polar surface area (TPSA) is 405 Å². The first-order valence-electron chi connectivity index (χ1n) is 32.6. The predicted octanol–water partition coefficient (Wildman–Crippen LogP) is 10.1. The minimum Gasteiger partial charge on any atom is -0.684 e. The molecule has 0 radical (unpaired) electrons. The first-order chi connectivity index (χ1) is 48.1. The van der Waals surface area contributed by atoms with E-state index < -0.39 is 89.3 Å². The van der Waals surface area contributed by atoms with Crippen LogP contribution in [0, 0.1) is 37.3 Å². The van der Waals surface area contributed by atoms with Gasteiger partial charge in [0.15, 0.2) is 0 Å². The largest absolute Gasteiger partial charge is 2.00 e. The Hall–Kier alpha value is -7.81. The molecule has 3 unspecified atom stereocenters. The number of hydrogen-bond donors (Lipinski definition) is 5. The van der Waals surface area contributed by atoms with Crippen LogP contribution in [0.3, 0.4) is 0 Å². The molecule has 5 aromatic rings. The Labute approximate surface area is 693 Å². The molecule has 5 saturated heterocycles. The van der Waals surface area contributed by atoms with Gasteiger partial charge in [-0.1, -0.05) is 89.2 Å². The molecule has 0 saturated carbocycles. The van der Waals surface area contributed by atoms with Crippen molar-refractivity contribution in [2.75, 3.05) is 14.2 Å². The summed E-state index contributed by atoms with van der Waals surface area (Å²) in [5.74, 6) is -5.95. The van der Waals surface area contributed by atoms with Crippen LogP contribution in [0.1, 0.15) is 198 Å². The summed E-state index contributed by atoms with van der Waals surface area (Å²) in [5.41, 5.74) is 2.29.